The van der Waals surface area contributed by atoms with Gasteiger partial charge < -0.3 is 5.73 Å². The smallest absolute Gasteiger partial charge is 0.00388 e. The molecule has 1 unspecified atom stereocenters. The van der Waals surface area contributed by atoms with E-state index >= 15 is 0 Å². The molecule has 0 aliphatic carbocycles. The van der Waals surface area contributed by atoms with Crippen molar-refractivity contribution in [2.24, 2.45) is 5.73 Å². The van der Waals surface area contributed by atoms with Crippen LogP contribution in [0.15, 0.2) is 0 Å². The molecule has 0 fully saturated rings. The number of unbranched alkanes of at least 4 members (excludes halogenated alkanes) is 15. The highest BCUT2D eigenvalue weighted by Gasteiger charge is 2.02. The van der Waals surface area contributed by atoms with Crippen LogP contribution in [-0.2, 0) is 0 Å². The zero-order valence-electron chi connectivity index (χ0n) is 16.6. The van der Waals surface area contributed by atoms with Crippen molar-refractivity contribution in [3.8, 4) is 0 Å². The van der Waals surface area contributed by atoms with Crippen LogP contribution in [-0.4, -0.2) is 6.04 Å². The van der Waals surface area contributed by atoms with Gasteiger partial charge in [-0.05, 0) is 12.8 Å². The fraction of sp³-hybridized carbons (Fsp3) is 1.00. The molecular weight excluding hydrogens is 278 g/mol. The Kier molecular flexibility index (Phi) is 20.0. The average Bonchev–Trinajstić information content (AvgIpc) is 2.55. The van der Waals surface area contributed by atoms with Gasteiger partial charge in [0, 0.05) is 6.04 Å². The average molecular weight is 326 g/mol. The van der Waals surface area contributed by atoms with Gasteiger partial charge in [-0.15, -0.1) is 0 Å². The van der Waals surface area contributed by atoms with Crippen molar-refractivity contribution >= 4 is 0 Å². The van der Waals surface area contributed by atoms with Crippen LogP contribution in [0.4, 0.5) is 0 Å². The molecule has 0 saturated carbocycles. The second kappa shape index (κ2) is 20.0. The predicted molar refractivity (Wildman–Crippen MR) is 107 cm³/mol. The third kappa shape index (κ3) is 19.9. The SMILES string of the molecule is CCCCCCCCCCCCC(N)CCCCCCCCC. The normalized spacial score (nSPS) is 12.7. The second-order valence-electron chi connectivity index (χ2n) is 7.64. The Hall–Kier alpha value is -0.0400. The molecule has 0 spiro atoms. The summed E-state index contributed by atoms with van der Waals surface area (Å²) in [5, 5.41) is 0. The zero-order chi connectivity index (χ0) is 17.0. The van der Waals surface area contributed by atoms with Gasteiger partial charge in [0.2, 0.25) is 0 Å². The van der Waals surface area contributed by atoms with Crippen molar-refractivity contribution in [3.05, 3.63) is 0 Å². The Labute approximate surface area is 148 Å². The maximum atomic E-state index is 6.25. The van der Waals surface area contributed by atoms with Gasteiger partial charge in [0.05, 0.1) is 0 Å². The first kappa shape index (κ1) is 23.0. The molecule has 0 heterocycles. The van der Waals surface area contributed by atoms with Crippen LogP contribution in [0, 0.1) is 0 Å². The van der Waals surface area contributed by atoms with Crippen molar-refractivity contribution in [1.29, 1.82) is 0 Å². The lowest BCUT2D eigenvalue weighted by atomic mass is 10.0. The van der Waals surface area contributed by atoms with Crippen LogP contribution >= 0.6 is 0 Å². The van der Waals surface area contributed by atoms with E-state index in [1.54, 1.807) is 0 Å². The van der Waals surface area contributed by atoms with Crippen molar-refractivity contribution in [2.45, 2.75) is 142 Å². The standard InChI is InChI=1S/C22H47N/c1-3-5-7-9-11-12-13-15-17-19-21-22(23)20-18-16-14-10-8-6-4-2/h22H,3-21,23H2,1-2H3. The van der Waals surface area contributed by atoms with E-state index in [1.807, 2.05) is 0 Å². The van der Waals surface area contributed by atoms with E-state index in [0.717, 1.165) is 0 Å². The largest absolute Gasteiger partial charge is 0.328 e. The minimum absolute atomic E-state index is 0.472. The number of hydrogen-bond acceptors (Lipinski definition) is 1. The molecule has 0 aromatic carbocycles. The lowest BCUT2D eigenvalue weighted by molar-refractivity contribution is 0.480. The second-order valence-corrected chi connectivity index (χ2v) is 7.64. The third-order valence-electron chi connectivity index (χ3n) is 5.11. The van der Waals surface area contributed by atoms with E-state index in [4.69, 9.17) is 5.73 Å². The Morgan fingerprint density at radius 3 is 1.00 bits per heavy atom. The van der Waals surface area contributed by atoms with Crippen LogP contribution < -0.4 is 5.73 Å². The molecule has 0 rings (SSSR count). The van der Waals surface area contributed by atoms with Crippen LogP contribution in [0.1, 0.15) is 136 Å². The summed E-state index contributed by atoms with van der Waals surface area (Å²) in [5.41, 5.74) is 6.25. The molecule has 0 saturated heterocycles. The molecule has 2 N–H and O–H groups in total. The molecule has 0 aliphatic rings. The molecule has 0 amide bonds. The minimum Gasteiger partial charge on any atom is -0.328 e. The summed E-state index contributed by atoms with van der Waals surface area (Å²) < 4.78 is 0. The number of hydrogen-bond donors (Lipinski definition) is 1. The molecule has 0 bridgehead atoms. The predicted octanol–water partition coefficient (Wildman–Crippen LogP) is 7.77. The van der Waals surface area contributed by atoms with Crippen molar-refractivity contribution in [1.82, 2.24) is 0 Å². The van der Waals surface area contributed by atoms with Gasteiger partial charge in [-0.2, -0.15) is 0 Å². The van der Waals surface area contributed by atoms with Gasteiger partial charge in [-0.3, -0.25) is 0 Å². The monoisotopic (exact) mass is 325 g/mol. The summed E-state index contributed by atoms with van der Waals surface area (Å²) in [6.45, 7) is 4.57. The Balaban J connectivity index is 3.11. The van der Waals surface area contributed by atoms with Crippen LogP contribution in [0.25, 0.3) is 0 Å². The topological polar surface area (TPSA) is 26.0 Å². The van der Waals surface area contributed by atoms with Gasteiger partial charge in [-0.25, -0.2) is 0 Å². The summed E-state index contributed by atoms with van der Waals surface area (Å²) in [4.78, 5) is 0. The summed E-state index contributed by atoms with van der Waals surface area (Å²) in [6.07, 6.45) is 26.5. The third-order valence-corrected chi connectivity index (χ3v) is 5.11. The molecule has 1 nitrogen and oxygen atoms in total. The fourth-order valence-corrected chi connectivity index (χ4v) is 3.40. The molecule has 23 heavy (non-hydrogen) atoms. The lowest BCUT2D eigenvalue weighted by Gasteiger charge is -2.11. The van der Waals surface area contributed by atoms with Gasteiger partial charge in [0.1, 0.15) is 0 Å². The highest BCUT2D eigenvalue weighted by Crippen LogP contribution is 2.14. The lowest BCUT2D eigenvalue weighted by Crippen LogP contribution is -2.19. The molecule has 0 aromatic rings. The molecule has 1 atom stereocenters. The first-order chi connectivity index (χ1) is 11.3. The van der Waals surface area contributed by atoms with E-state index in [-0.39, 0.29) is 0 Å². The Morgan fingerprint density at radius 2 is 0.696 bits per heavy atom. The highest BCUT2D eigenvalue weighted by molar-refractivity contribution is 4.62. The van der Waals surface area contributed by atoms with E-state index < -0.39 is 0 Å². The van der Waals surface area contributed by atoms with Gasteiger partial charge in [-0.1, -0.05) is 123 Å². The van der Waals surface area contributed by atoms with Crippen molar-refractivity contribution < 1.29 is 0 Å². The van der Waals surface area contributed by atoms with Crippen molar-refractivity contribution in [2.75, 3.05) is 0 Å². The van der Waals surface area contributed by atoms with E-state index in [1.165, 1.54) is 122 Å². The van der Waals surface area contributed by atoms with Gasteiger partial charge >= 0.3 is 0 Å². The van der Waals surface area contributed by atoms with E-state index in [9.17, 15) is 0 Å². The summed E-state index contributed by atoms with van der Waals surface area (Å²) in [5.74, 6) is 0. The van der Waals surface area contributed by atoms with Crippen LogP contribution in [0.3, 0.4) is 0 Å². The molecule has 1 heteroatoms. The highest BCUT2D eigenvalue weighted by atomic mass is 14.6. The first-order valence-electron chi connectivity index (χ1n) is 11.1. The molecular formula is C22H47N. The molecule has 0 aliphatic heterocycles. The van der Waals surface area contributed by atoms with Gasteiger partial charge in [0.25, 0.3) is 0 Å². The van der Waals surface area contributed by atoms with E-state index in [0.29, 0.717) is 6.04 Å². The fourth-order valence-electron chi connectivity index (χ4n) is 3.40. The van der Waals surface area contributed by atoms with Crippen molar-refractivity contribution in [3.63, 3.8) is 0 Å². The Bertz CT molecular complexity index is 202. The van der Waals surface area contributed by atoms with Crippen LogP contribution in [0.5, 0.6) is 0 Å². The molecule has 140 valence electrons. The van der Waals surface area contributed by atoms with Gasteiger partial charge in [0.15, 0.2) is 0 Å². The summed E-state index contributed by atoms with van der Waals surface area (Å²) >= 11 is 0. The summed E-state index contributed by atoms with van der Waals surface area (Å²) in [7, 11) is 0. The molecule has 0 aromatic heterocycles. The Morgan fingerprint density at radius 1 is 0.435 bits per heavy atom. The first-order valence-corrected chi connectivity index (χ1v) is 11.1. The number of rotatable bonds is 19. The quantitative estimate of drug-likeness (QED) is 0.241. The number of nitrogens with two attached hydrogens (primary N) is 1. The zero-order valence-corrected chi connectivity index (χ0v) is 16.6. The maximum Gasteiger partial charge on any atom is 0.00388 e. The summed E-state index contributed by atoms with van der Waals surface area (Å²) in [6, 6.07) is 0.472. The van der Waals surface area contributed by atoms with E-state index in [2.05, 4.69) is 13.8 Å². The van der Waals surface area contributed by atoms with Crippen LogP contribution in [0.2, 0.25) is 0 Å². The molecule has 0 radical (unpaired) electrons. The minimum atomic E-state index is 0.472. The maximum absolute atomic E-state index is 6.25.